The lowest BCUT2D eigenvalue weighted by molar-refractivity contribution is 0.274. The zero-order chi connectivity index (χ0) is 14.2. The molecule has 0 aliphatic carbocycles. The SMILES string of the molecule is Fc1cc(Br)cc(CC2(c3cccc(Br)c3)CNC2)c1. The Morgan fingerprint density at radius 1 is 1.05 bits per heavy atom. The van der Waals surface area contributed by atoms with Crippen molar-refractivity contribution < 1.29 is 4.39 Å². The van der Waals surface area contributed by atoms with E-state index in [9.17, 15) is 4.39 Å². The van der Waals surface area contributed by atoms with Gasteiger partial charge in [-0.25, -0.2) is 4.39 Å². The topological polar surface area (TPSA) is 12.0 Å². The second-order valence-corrected chi connectivity index (χ2v) is 7.18. The molecule has 104 valence electrons. The van der Waals surface area contributed by atoms with Gasteiger partial charge in [0.2, 0.25) is 0 Å². The number of benzene rings is 2. The van der Waals surface area contributed by atoms with E-state index >= 15 is 0 Å². The van der Waals surface area contributed by atoms with E-state index in [0.29, 0.717) is 0 Å². The number of hydrogen-bond acceptors (Lipinski definition) is 1. The van der Waals surface area contributed by atoms with Gasteiger partial charge in [0.05, 0.1) is 0 Å². The molecule has 0 aromatic heterocycles. The minimum Gasteiger partial charge on any atom is -0.315 e. The summed E-state index contributed by atoms with van der Waals surface area (Å²) in [4.78, 5) is 0. The van der Waals surface area contributed by atoms with Crippen molar-refractivity contribution in [2.75, 3.05) is 13.1 Å². The number of halogens is 3. The van der Waals surface area contributed by atoms with E-state index in [1.54, 1.807) is 6.07 Å². The van der Waals surface area contributed by atoms with Gasteiger partial charge in [-0.05, 0) is 47.9 Å². The molecule has 3 rings (SSSR count). The number of rotatable bonds is 3. The van der Waals surface area contributed by atoms with Crippen molar-refractivity contribution >= 4 is 31.9 Å². The zero-order valence-corrected chi connectivity index (χ0v) is 14.0. The molecule has 1 saturated heterocycles. The Labute approximate surface area is 134 Å². The minimum atomic E-state index is -0.189. The predicted molar refractivity (Wildman–Crippen MR) is 86.5 cm³/mol. The molecule has 0 spiro atoms. The largest absolute Gasteiger partial charge is 0.315 e. The van der Waals surface area contributed by atoms with Crippen LogP contribution in [0.1, 0.15) is 11.1 Å². The number of nitrogens with one attached hydrogen (secondary N) is 1. The maximum absolute atomic E-state index is 13.5. The molecule has 2 aromatic rings. The Morgan fingerprint density at radius 3 is 2.45 bits per heavy atom. The van der Waals surface area contributed by atoms with Gasteiger partial charge >= 0.3 is 0 Å². The quantitative estimate of drug-likeness (QED) is 0.806. The lowest BCUT2D eigenvalue weighted by atomic mass is 9.71. The predicted octanol–water partition coefficient (Wildman–Crippen LogP) is 4.43. The van der Waals surface area contributed by atoms with Crippen LogP contribution in [0, 0.1) is 5.82 Å². The van der Waals surface area contributed by atoms with E-state index in [1.165, 1.54) is 11.6 Å². The second-order valence-electron chi connectivity index (χ2n) is 5.35. The van der Waals surface area contributed by atoms with E-state index in [-0.39, 0.29) is 11.2 Å². The molecular formula is C16H14Br2FN. The monoisotopic (exact) mass is 397 g/mol. The molecule has 1 aliphatic heterocycles. The molecule has 1 aliphatic rings. The van der Waals surface area contributed by atoms with Gasteiger partial charge in [0.25, 0.3) is 0 Å². The molecule has 0 amide bonds. The molecule has 4 heteroatoms. The summed E-state index contributed by atoms with van der Waals surface area (Å²) in [6, 6.07) is 13.5. The molecule has 20 heavy (non-hydrogen) atoms. The van der Waals surface area contributed by atoms with Crippen molar-refractivity contribution in [3.05, 3.63) is 68.4 Å². The molecule has 1 nitrogen and oxygen atoms in total. The first kappa shape index (κ1) is 14.2. The Balaban J connectivity index is 1.93. The van der Waals surface area contributed by atoms with Crippen molar-refractivity contribution in [3.63, 3.8) is 0 Å². The summed E-state index contributed by atoms with van der Waals surface area (Å²) >= 11 is 6.89. The Hall–Kier alpha value is -0.710. The number of hydrogen-bond donors (Lipinski definition) is 1. The molecule has 1 heterocycles. The maximum atomic E-state index is 13.5. The third kappa shape index (κ3) is 2.83. The van der Waals surface area contributed by atoms with Crippen LogP contribution in [0.2, 0.25) is 0 Å². The smallest absolute Gasteiger partial charge is 0.124 e. The summed E-state index contributed by atoms with van der Waals surface area (Å²) in [6.07, 6.45) is 0.840. The summed E-state index contributed by atoms with van der Waals surface area (Å²) in [7, 11) is 0. The van der Waals surface area contributed by atoms with Crippen LogP contribution < -0.4 is 5.32 Å². The fraction of sp³-hybridized carbons (Fsp3) is 0.250. The van der Waals surface area contributed by atoms with Crippen LogP contribution in [0.4, 0.5) is 4.39 Å². The fourth-order valence-corrected chi connectivity index (χ4v) is 3.69. The minimum absolute atomic E-state index is 0.0665. The molecule has 0 saturated carbocycles. The van der Waals surface area contributed by atoms with Crippen LogP contribution in [-0.2, 0) is 11.8 Å². The van der Waals surface area contributed by atoms with E-state index in [0.717, 1.165) is 34.0 Å². The van der Waals surface area contributed by atoms with Crippen molar-refractivity contribution in [1.82, 2.24) is 5.32 Å². The first-order valence-corrected chi connectivity index (χ1v) is 8.08. The molecule has 0 unspecified atom stereocenters. The van der Waals surface area contributed by atoms with E-state index in [1.807, 2.05) is 12.1 Å². The van der Waals surface area contributed by atoms with Crippen LogP contribution in [0.25, 0.3) is 0 Å². The highest BCUT2D eigenvalue weighted by Gasteiger charge is 2.38. The molecule has 2 aromatic carbocycles. The van der Waals surface area contributed by atoms with Gasteiger partial charge in [-0.1, -0.05) is 44.0 Å². The molecule has 0 atom stereocenters. The van der Waals surface area contributed by atoms with Gasteiger partial charge < -0.3 is 5.32 Å². The summed E-state index contributed by atoms with van der Waals surface area (Å²) in [5, 5.41) is 3.35. The second kappa shape index (κ2) is 5.58. The average Bonchev–Trinajstić information content (AvgIpc) is 2.32. The van der Waals surface area contributed by atoms with Crippen molar-refractivity contribution in [2.24, 2.45) is 0 Å². The van der Waals surface area contributed by atoms with Gasteiger partial charge in [-0.15, -0.1) is 0 Å². The summed E-state index contributed by atoms with van der Waals surface area (Å²) in [5.74, 6) is -0.189. The summed E-state index contributed by atoms with van der Waals surface area (Å²) < 4.78 is 15.4. The Kier molecular flexibility index (Phi) is 3.98. The van der Waals surface area contributed by atoms with Crippen LogP contribution in [-0.4, -0.2) is 13.1 Å². The lowest BCUT2D eigenvalue weighted by Crippen LogP contribution is -2.58. The van der Waals surface area contributed by atoms with Crippen molar-refractivity contribution in [2.45, 2.75) is 11.8 Å². The zero-order valence-electron chi connectivity index (χ0n) is 10.8. The first-order chi connectivity index (χ1) is 9.57. The molecule has 0 radical (unpaired) electrons. The molecule has 1 fully saturated rings. The first-order valence-electron chi connectivity index (χ1n) is 6.49. The van der Waals surface area contributed by atoms with Crippen LogP contribution in [0.5, 0.6) is 0 Å². The van der Waals surface area contributed by atoms with Gasteiger partial charge in [-0.3, -0.25) is 0 Å². The highest BCUT2D eigenvalue weighted by atomic mass is 79.9. The summed E-state index contributed by atoms with van der Waals surface area (Å²) in [6.45, 7) is 1.86. The Bertz CT molecular complexity index is 618. The highest BCUT2D eigenvalue weighted by molar-refractivity contribution is 9.10. The van der Waals surface area contributed by atoms with Crippen molar-refractivity contribution in [1.29, 1.82) is 0 Å². The summed E-state index contributed by atoms with van der Waals surface area (Å²) in [5.41, 5.74) is 2.39. The van der Waals surface area contributed by atoms with Gasteiger partial charge in [0, 0.05) is 27.4 Å². The molecular weight excluding hydrogens is 385 g/mol. The standard InChI is InChI=1S/C16H14Br2FN/c17-13-3-1-2-12(6-13)16(9-20-10-16)8-11-4-14(18)7-15(19)5-11/h1-7,20H,8-10H2. The van der Waals surface area contributed by atoms with Crippen LogP contribution in [0.15, 0.2) is 51.4 Å². The van der Waals surface area contributed by atoms with E-state index in [4.69, 9.17) is 0 Å². The van der Waals surface area contributed by atoms with Crippen molar-refractivity contribution in [3.8, 4) is 0 Å². The van der Waals surface area contributed by atoms with Gasteiger partial charge in [0.1, 0.15) is 5.82 Å². The van der Waals surface area contributed by atoms with Crippen LogP contribution >= 0.6 is 31.9 Å². The van der Waals surface area contributed by atoms with Gasteiger partial charge in [0.15, 0.2) is 0 Å². The highest BCUT2D eigenvalue weighted by Crippen LogP contribution is 2.34. The third-order valence-electron chi connectivity index (χ3n) is 3.83. The lowest BCUT2D eigenvalue weighted by Gasteiger charge is -2.43. The Morgan fingerprint density at radius 2 is 1.85 bits per heavy atom. The average molecular weight is 399 g/mol. The van der Waals surface area contributed by atoms with Crippen LogP contribution in [0.3, 0.4) is 0 Å². The van der Waals surface area contributed by atoms with E-state index in [2.05, 4.69) is 55.4 Å². The molecule has 0 bridgehead atoms. The van der Waals surface area contributed by atoms with E-state index < -0.39 is 0 Å². The maximum Gasteiger partial charge on any atom is 0.124 e. The molecule has 1 N–H and O–H groups in total. The third-order valence-corrected chi connectivity index (χ3v) is 4.78. The normalized spacial score (nSPS) is 16.8. The van der Waals surface area contributed by atoms with Gasteiger partial charge in [-0.2, -0.15) is 0 Å². The fourth-order valence-electron chi connectivity index (χ4n) is 2.78.